The minimum Gasteiger partial charge on any atom is -0.492 e. The molecule has 0 aliphatic carbocycles. The number of thioether (sulfide) groups is 1. The number of hydrogen-bond donors (Lipinski definition) is 2. The molecular formula is C24H15F5N2O2S. The molecule has 4 rings (SSSR count). The molecule has 2 N–H and O–H groups in total. The van der Waals surface area contributed by atoms with Gasteiger partial charge in [0.15, 0.2) is 28.3 Å². The Morgan fingerprint density at radius 2 is 1.26 bits per heavy atom. The zero-order valence-corrected chi connectivity index (χ0v) is 18.0. The first-order chi connectivity index (χ1) is 16.3. The molecule has 0 unspecified atom stereocenters. The van der Waals surface area contributed by atoms with E-state index in [1.807, 2.05) is 12.1 Å². The summed E-state index contributed by atoms with van der Waals surface area (Å²) in [6.07, 6.45) is 0. The third-order valence-corrected chi connectivity index (χ3v) is 6.08. The monoisotopic (exact) mass is 490 g/mol. The van der Waals surface area contributed by atoms with Crippen molar-refractivity contribution in [1.29, 1.82) is 0 Å². The van der Waals surface area contributed by atoms with Crippen molar-refractivity contribution >= 4 is 11.8 Å². The van der Waals surface area contributed by atoms with Crippen LogP contribution in [-0.4, -0.2) is 15.1 Å². The largest absolute Gasteiger partial charge is 0.492 e. The first-order valence-corrected chi connectivity index (χ1v) is 10.8. The van der Waals surface area contributed by atoms with Crippen LogP contribution in [0.5, 0.6) is 5.88 Å². The quantitative estimate of drug-likeness (QED) is 0.159. The van der Waals surface area contributed by atoms with Gasteiger partial charge in [0, 0.05) is 11.3 Å². The Hall–Kier alpha value is -3.66. The van der Waals surface area contributed by atoms with Crippen LogP contribution in [0.3, 0.4) is 0 Å². The topological polar surface area (TPSA) is 66.0 Å². The van der Waals surface area contributed by atoms with Gasteiger partial charge in [-0.05, 0) is 11.1 Å². The van der Waals surface area contributed by atoms with Crippen LogP contribution in [0.1, 0.15) is 28.3 Å². The van der Waals surface area contributed by atoms with Gasteiger partial charge in [0.25, 0.3) is 5.56 Å². The molecule has 4 nitrogen and oxygen atoms in total. The summed E-state index contributed by atoms with van der Waals surface area (Å²) in [5, 5.41) is 10.2. The Morgan fingerprint density at radius 1 is 0.794 bits per heavy atom. The van der Waals surface area contributed by atoms with Crippen LogP contribution in [0.2, 0.25) is 0 Å². The molecular weight excluding hydrogens is 475 g/mol. The van der Waals surface area contributed by atoms with E-state index in [1.165, 1.54) is 0 Å². The van der Waals surface area contributed by atoms with E-state index in [0.29, 0.717) is 11.8 Å². The molecule has 0 fully saturated rings. The SMILES string of the molecule is O=c1[nH]c(C(c2ccccc2)c2ccccc2)c(O)nc1SCc1c(F)c(F)c(F)c(F)c1F. The molecule has 3 aromatic carbocycles. The predicted molar refractivity (Wildman–Crippen MR) is 116 cm³/mol. The van der Waals surface area contributed by atoms with Crippen LogP contribution in [0.25, 0.3) is 0 Å². The fourth-order valence-electron chi connectivity index (χ4n) is 3.47. The Labute approximate surface area is 194 Å². The fourth-order valence-corrected chi connectivity index (χ4v) is 4.34. The summed E-state index contributed by atoms with van der Waals surface area (Å²) in [7, 11) is 0. The average molecular weight is 490 g/mol. The van der Waals surface area contributed by atoms with Crippen molar-refractivity contribution in [3.63, 3.8) is 0 Å². The second-order valence-corrected chi connectivity index (χ2v) is 8.16. The molecule has 1 heterocycles. The summed E-state index contributed by atoms with van der Waals surface area (Å²) < 4.78 is 68.0. The standard InChI is InChI=1S/C24H15F5N2O2S/c25-16-14(17(26)19(28)20(29)18(16)27)11-34-24-23(33)30-21(22(32)31-24)15(12-7-3-1-4-8-12)13-9-5-2-6-10-13/h1-10,15H,11H2,(H,30,33)(H,31,32). The predicted octanol–water partition coefficient (Wildman–Crippen LogP) is 5.64. The number of aromatic hydroxyl groups is 1. The van der Waals surface area contributed by atoms with Crippen molar-refractivity contribution in [1.82, 2.24) is 9.97 Å². The van der Waals surface area contributed by atoms with Gasteiger partial charge in [0.05, 0.1) is 11.6 Å². The van der Waals surface area contributed by atoms with E-state index in [1.54, 1.807) is 48.5 Å². The molecule has 1 aromatic heterocycles. The number of aromatic nitrogens is 2. The highest BCUT2D eigenvalue weighted by Crippen LogP contribution is 2.35. The van der Waals surface area contributed by atoms with Gasteiger partial charge >= 0.3 is 0 Å². The molecule has 0 bridgehead atoms. The molecule has 0 amide bonds. The minimum absolute atomic E-state index is 0.0861. The Bertz CT molecular complexity index is 1330. The molecule has 10 heteroatoms. The number of H-pyrrole nitrogens is 1. The Kier molecular flexibility index (Phi) is 6.69. The first-order valence-electron chi connectivity index (χ1n) is 9.85. The summed E-state index contributed by atoms with van der Waals surface area (Å²) in [4.78, 5) is 19.1. The molecule has 0 aliphatic rings. The first kappa shape index (κ1) is 23.5. The highest BCUT2D eigenvalue weighted by molar-refractivity contribution is 7.98. The summed E-state index contributed by atoms with van der Waals surface area (Å²) in [5.41, 5.74) is -0.300. The molecule has 0 spiro atoms. The number of benzene rings is 3. The number of nitrogens with one attached hydrogen (secondary N) is 1. The molecule has 0 aliphatic heterocycles. The van der Waals surface area contributed by atoms with E-state index >= 15 is 0 Å². The summed E-state index contributed by atoms with van der Waals surface area (Å²) in [5.74, 6) is -12.3. The lowest BCUT2D eigenvalue weighted by atomic mass is 9.88. The van der Waals surface area contributed by atoms with Gasteiger partial charge in [-0.1, -0.05) is 72.4 Å². The van der Waals surface area contributed by atoms with Crippen molar-refractivity contribution in [2.75, 3.05) is 0 Å². The van der Waals surface area contributed by atoms with Crippen LogP contribution in [0.15, 0.2) is 70.5 Å². The minimum atomic E-state index is -2.27. The van der Waals surface area contributed by atoms with Crippen molar-refractivity contribution in [2.45, 2.75) is 16.7 Å². The molecule has 174 valence electrons. The maximum Gasteiger partial charge on any atom is 0.280 e. The van der Waals surface area contributed by atoms with Gasteiger partial charge in [-0.25, -0.2) is 22.0 Å². The Morgan fingerprint density at radius 3 is 1.76 bits per heavy atom. The van der Waals surface area contributed by atoms with Crippen molar-refractivity contribution in [2.24, 2.45) is 0 Å². The lowest BCUT2D eigenvalue weighted by Crippen LogP contribution is -2.17. The smallest absolute Gasteiger partial charge is 0.280 e. The van der Waals surface area contributed by atoms with Crippen molar-refractivity contribution in [3.8, 4) is 5.88 Å². The maximum atomic E-state index is 13.9. The molecule has 0 saturated carbocycles. The van der Waals surface area contributed by atoms with E-state index in [0.717, 1.165) is 11.1 Å². The zero-order valence-electron chi connectivity index (χ0n) is 17.2. The summed E-state index contributed by atoms with van der Waals surface area (Å²) in [6.45, 7) is 0. The second-order valence-electron chi connectivity index (χ2n) is 7.20. The Balaban J connectivity index is 1.71. The molecule has 0 radical (unpaired) electrons. The van der Waals surface area contributed by atoms with Gasteiger partial charge in [0.2, 0.25) is 11.7 Å². The van der Waals surface area contributed by atoms with E-state index < -0.39 is 62.8 Å². The van der Waals surface area contributed by atoms with Gasteiger partial charge in [-0.15, -0.1) is 0 Å². The van der Waals surface area contributed by atoms with Crippen molar-refractivity contribution in [3.05, 3.63) is 122 Å². The average Bonchev–Trinajstić information content (AvgIpc) is 2.85. The number of aromatic amines is 1. The van der Waals surface area contributed by atoms with Gasteiger partial charge in [-0.3, -0.25) is 4.79 Å². The van der Waals surface area contributed by atoms with E-state index in [9.17, 15) is 31.9 Å². The number of rotatable bonds is 6. The zero-order chi connectivity index (χ0) is 24.4. The summed E-state index contributed by atoms with van der Waals surface area (Å²) >= 11 is 0.427. The van der Waals surface area contributed by atoms with Gasteiger partial charge in [0.1, 0.15) is 0 Å². The second kappa shape index (κ2) is 9.68. The van der Waals surface area contributed by atoms with Crippen LogP contribution in [-0.2, 0) is 5.75 Å². The van der Waals surface area contributed by atoms with Gasteiger partial charge in [-0.2, -0.15) is 4.98 Å². The highest BCUT2D eigenvalue weighted by Gasteiger charge is 2.27. The van der Waals surface area contributed by atoms with Crippen LogP contribution in [0, 0.1) is 29.1 Å². The number of nitrogens with zero attached hydrogens (tertiary/aromatic N) is 1. The lowest BCUT2D eigenvalue weighted by molar-refractivity contribution is 0.372. The molecule has 0 saturated heterocycles. The lowest BCUT2D eigenvalue weighted by Gasteiger charge is -2.19. The van der Waals surface area contributed by atoms with E-state index in [4.69, 9.17) is 0 Å². The van der Waals surface area contributed by atoms with Crippen molar-refractivity contribution < 1.29 is 27.1 Å². The van der Waals surface area contributed by atoms with E-state index in [-0.39, 0.29) is 5.69 Å². The normalized spacial score (nSPS) is 11.2. The van der Waals surface area contributed by atoms with Crippen LogP contribution < -0.4 is 5.56 Å². The molecule has 34 heavy (non-hydrogen) atoms. The molecule has 0 atom stereocenters. The third-order valence-electron chi connectivity index (χ3n) is 5.10. The number of halogens is 5. The fraction of sp³-hybridized carbons (Fsp3) is 0.0833. The third kappa shape index (κ3) is 4.41. The van der Waals surface area contributed by atoms with E-state index in [2.05, 4.69) is 9.97 Å². The van der Waals surface area contributed by atoms with Crippen LogP contribution >= 0.6 is 11.8 Å². The van der Waals surface area contributed by atoms with Crippen LogP contribution in [0.4, 0.5) is 22.0 Å². The molecule has 4 aromatic rings. The maximum absolute atomic E-state index is 13.9. The van der Waals surface area contributed by atoms with Gasteiger partial charge < -0.3 is 10.1 Å². The highest BCUT2D eigenvalue weighted by atomic mass is 32.2. The number of hydrogen-bond acceptors (Lipinski definition) is 4. The summed E-state index contributed by atoms with van der Waals surface area (Å²) in [6, 6.07) is 18.0.